The van der Waals surface area contributed by atoms with Gasteiger partial charge >= 0.3 is 0 Å². The van der Waals surface area contributed by atoms with Crippen LogP contribution in [0.15, 0.2) is 24.3 Å². The van der Waals surface area contributed by atoms with Crippen LogP contribution in [0.5, 0.6) is 5.75 Å². The summed E-state index contributed by atoms with van der Waals surface area (Å²) < 4.78 is 5.74. The molecular formula is C18H30N2O2. The van der Waals surface area contributed by atoms with E-state index in [1.807, 2.05) is 29.2 Å². The summed E-state index contributed by atoms with van der Waals surface area (Å²) in [6.07, 6.45) is 3.19. The Bertz CT molecular complexity index is 425. The summed E-state index contributed by atoms with van der Waals surface area (Å²) in [7, 11) is 0. The number of nitrogens with zero attached hydrogens (tertiary/aromatic N) is 1. The first kappa shape index (κ1) is 18.3. The Kier molecular flexibility index (Phi) is 8.41. The number of amides is 1. The quantitative estimate of drug-likeness (QED) is 0.712. The van der Waals surface area contributed by atoms with Crippen molar-refractivity contribution in [1.29, 1.82) is 0 Å². The van der Waals surface area contributed by atoms with Crippen LogP contribution in [0, 0.1) is 0 Å². The summed E-state index contributed by atoms with van der Waals surface area (Å²) in [6.45, 7) is 10.3. The van der Waals surface area contributed by atoms with Gasteiger partial charge in [-0.25, -0.2) is 0 Å². The summed E-state index contributed by atoms with van der Waals surface area (Å²) in [5.41, 5.74) is 0.942. The lowest BCUT2D eigenvalue weighted by Gasteiger charge is -2.22. The maximum absolute atomic E-state index is 12.2. The van der Waals surface area contributed by atoms with E-state index in [4.69, 9.17) is 4.74 Å². The molecule has 0 heterocycles. The van der Waals surface area contributed by atoms with E-state index >= 15 is 0 Å². The van der Waals surface area contributed by atoms with Gasteiger partial charge < -0.3 is 15.0 Å². The Morgan fingerprint density at radius 1 is 1.14 bits per heavy atom. The average Bonchev–Trinajstić information content (AvgIpc) is 2.53. The van der Waals surface area contributed by atoms with Gasteiger partial charge in [0.2, 0.25) is 5.91 Å². The summed E-state index contributed by atoms with van der Waals surface area (Å²) in [5, 5.41) is 3.19. The van der Waals surface area contributed by atoms with Crippen molar-refractivity contribution >= 4 is 11.6 Å². The Hall–Kier alpha value is -1.71. The van der Waals surface area contributed by atoms with Crippen LogP contribution in [0.4, 0.5) is 5.69 Å². The summed E-state index contributed by atoms with van der Waals surface area (Å²) in [5.74, 6) is 1.02. The zero-order valence-corrected chi connectivity index (χ0v) is 14.4. The fourth-order valence-corrected chi connectivity index (χ4v) is 2.16. The highest BCUT2D eigenvalue weighted by Gasteiger charge is 2.11. The van der Waals surface area contributed by atoms with Crippen LogP contribution in [0.2, 0.25) is 0 Å². The first-order chi connectivity index (χ1) is 10.6. The van der Waals surface area contributed by atoms with E-state index < -0.39 is 0 Å². The molecule has 1 amide bonds. The van der Waals surface area contributed by atoms with Crippen molar-refractivity contribution in [2.24, 2.45) is 0 Å². The minimum Gasteiger partial charge on any atom is -0.491 e. The van der Waals surface area contributed by atoms with Crippen LogP contribution in [-0.4, -0.2) is 36.5 Å². The topological polar surface area (TPSA) is 41.6 Å². The van der Waals surface area contributed by atoms with Gasteiger partial charge in [0.25, 0.3) is 0 Å². The van der Waals surface area contributed by atoms with Crippen molar-refractivity contribution in [2.45, 2.75) is 53.1 Å². The molecule has 124 valence electrons. The van der Waals surface area contributed by atoms with Gasteiger partial charge in [0.05, 0.1) is 12.6 Å². The van der Waals surface area contributed by atoms with Crippen molar-refractivity contribution in [3.63, 3.8) is 0 Å². The Balaban J connectivity index is 2.48. The molecular weight excluding hydrogens is 276 g/mol. The molecule has 1 atom stereocenters. The number of carbonyl (C=O) groups is 1. The SMILES string of the molecule is CCCN(CCC)C(=O)CNc1ccc(OC(C)CC)cc1. The standard InChI is InChI=1S/C18H30N2O2/c1-5-12-20(13-6-2)18(21)14-19-16-8-10-17(11-9-16)22-15(4)7-3/h8-11,15,19H,5-7,12-14H2,1-4H3. The first-order valence-electron chi connectivity index (χ1n) is 8.39. The number of rotatable bonds is 10. The van der Waals surface area contributed by atoms with E-state index in [1.54, 1.807) is 0 Å². The maximum Gasteiger partial charge on any atom is 0.241 e. The van der Waals surface area contributed by atoms with Gasteiger partial charge in [-0.05, 0) is 50.5 Å². The Morgan fingerprint density at radius 2 is 1.73 bits per heavy atom. The summed E-state index contributed by atoms with van der Waals surface area (Å²) in [4.78, 5) is 14.1. The Morgan fingerprint density at radius 3 is 2.23 bits per heavy atom. The normalized spacial score (nSPS) is 11.8. The fraction of sp³-hybridized carbons (Fsp3) is 0.611. The van der Waals surface area contributed by atoms with Crippen LogP contribution < -0.4 is 10.1 Å². The number of anilines is 1. The van der Waals surface area contributed by atoms with E-state index in [9.17, 15) is 4.79 Å². The van der Waals surface area contributed by atoms with Crippen molar-refractivity contribution in [2.75, 3.05) is 25.0 Å². The van der Waals surface area contributed by atoms with Gasteiger partial charge in [-0.3, -0.25) is 4.79 Å². The minimum atomic E-state index is 0.156. The molecule has 0 fully saturated rings. The predicted octanol–water partition coefficient (Wildman–Crippen LogP) is 3.92. The van der Waals surface area contributed by atoms with E-state index in [-0.39, 0.29) is 12.0 Å². The average molecular weight is 306 g/mol. The van der Waals surface area contributed by atoms with Gasteiger partial charge in [-0.1, -0.05) is 20.8 Å². The molecule has 0 saturated heterocycles. The molecule has 1 aromatic rings. The van der Waals surface area contributed by atoms with Crippen LogP contribution >= 0.6 is 0 Å². The van der Waals surface area contributed by atoms with Crippen molar-refractivity contribution < 1.29 is 9.53 Å². The highest BCUT2D eigenvalue weighted by atomic mass is 16.5. The smallest absolute Gasteiger partial charge is 0.241 e. The molecule has 1 rings (SSSR count). The minimum absolute atomic E-state index is 0.156. The van der Waals surface area contributed by atoms with Gasteiger partial charge in [-0.15, -0.1) is 0 Å². The van der Waals surface area contributed by atoms with E-state index in [2.05, 4.69) is 33.0 Å². The predicted molar refractivity (Wildman–Crippen MR) is 92.5 cm³/mol. The zero-order valence-electron chi connectivity index (χ0n) is 14.4. The van der Waals surface area contributed by atoms with Gasteiger partial charge in [-0.2, -0.15) is 0 Å². The zero-order chi connectivity index (χ0) is 16.4. The first-order valence-corrected chi connectivity index (χ1v) is 8.39. The monoisotopic (exact) mass is 306 g/mol. The third-order valence-corrected chi connectivity index (χ3v) is 3.55. The second kappa shape index (κ2) is 10.1. The number of benzene rings is 1. The number of ether oxygens (including phenoxy) is 1. The molecule has 4 heteroatoms. The molecule has 0 radical (unpaired) electrons. The molecule has 1 N–H and O–H groups in total. The number of hydrogen-bond acceptors (Lipinski definition) is 3. The molecule has 0 aliphatic heterocycles. The molecule has 4 nitrogen and oxygen atoms in total. The number of carbonyl (C=O) groups excluding carboxylic acids is 1. The van der Waals surface area contributed by atoms with Crippen molar-refractivity contribution in [3.05, 3.63) is 24.3 Å². The molecule has 0 spiro atoms. The van der Waals surface area contributed by atoms with Gasteiger partial charge in [0, 0.05) is 18.8 Å². The second-order valence-corrected chi connectivity index (χ2v) is 5.60. The van der Waals surface area contributed by atoms with Crippen molar-refractivity contribution in [1.82, 2.24) is 4.90 Å². The maximum atomic E-state index is 12.2. The fourth-order valence-electron chi connectivity index (χ4n) is 2.16. The molecule has 1 unspecified atom stereocenters. The molecule has 0 aromatic heterocycles. The highest BCUT2D eigenvalue weighted by molar-refractivity contribution is 5.80. The molecule has 1 aromatic carbocycles. The third kappa shape index (κ3) is 6.37. The molecule has 0 bridgehead atoms. The Labute approximate surface area is 134 Å². The lowest BCUT2D eigenvalue weighted by Crippen LogP contribution is -2.36. The van der Waals surface area contributed by atoms with Crippen molar-refractivity contribution in [3.8, 4) is 5.75 Å². The molecule has 0 saturated carbocycles. The lowest BCUT2D eigenvalue weighted by atomic mass is 10.2. The van der Waals surface area contributed by atoms with E-state index in [0.29, 0.717) is 6.54 Å². The van der Waals surface area contributed by atoms with Crippen LogP contribution in [0.3, 0.4) is 0 Å². The number of nitrogens with one attached hydrogen (secondary N) is 1. The van der Waals surface area contributed by atoms with Crippen LogP contribution in [0.1, 0.15) is 47.0 Å². The molecule has 22 heavy (non-hydrogen) atoms. The molecule has 0 aliphatic rings. The third-order valence-electron chi connectivity index (χ3n) is 3.55. The number of hydrogen-bond donors (Lipinski definition) is 1. The largest absolute Gasteiger partial charge is 0.491 e. The summed E-state index contributed by atoms with van der Waals surface area (Å²) >= 11 is 0. The van der Waals surface area contributed by atoms with E-state index in [1.165, 1.54) is 0 Å². The van der Waals surface area contributed by atoms with E-state index in [0.717, 1.165) is 43.8 Å². The van der Waals surface area contributed by atoms with Gasteiger partial charge in [0.15, 0.2) is 0 Å². The molecule has 0 aliphatic carbocycles. The van der Waals surface area contributed by atoms with Crippen LogP contribution in [0.25, 0.3) is 0 Å². The summed E-state index contributed by atoms with van der Waals surface area (Å²) in [6, 6.07) is 7.79. The van der Waals surface area contributed by atoms with Gasteiger partial charge in [0.1, 0.15) is 5.75 Å². The second-order valence-electron chi connectivity index (χ2n) is 5.60. The van der Waals surface area contributed by atoms with Crippen LogP contribution in [-0.2, 0) is 4.79 Å². The highest BCUT2D eigenvalue weighted by Crippen LogP contribution is 2.17. The lowest BCUT2D eigenvalue weighted by molar-refractivity contribution is -0.129.